The molecule has 3 N–H and O–H groups in total. The first-order valence-electron chi connectivity index (χ1n) is 10.6. The Labute approximate surface area is 197 Å². The molecule has 166 valence electrons. The van der Waals surface area contributed by atoms with Crippen molar-refractivity contribution in [1.29, 1.82) is 0 Å². The molecule has 6 nitrogen and oxygen atoms in total. The number of likely N-dealkylation sites (tertiary alicyclic amines) is 1. The Hall–Kier alpha value is -1.58. The fraction of sp³-hybridized carbons (Fsp3) is 0.522. The van der Waals surface area contributed by atoms with Crippen molar-refractivity contribution >= 4 is 29.9 Å². The van der Waals surface area contributed by atoms with Crippen LogP contribution in [0.3, 0.4) is 0 Å². The summed E-state index contributed by atoms with van der Waals surface area (Å²) in [6.07, 6.45) is 3.72. The highest BCUT2D eigenvalue weighted by Crippen LogP contribution is 2.21. The van der Waals surface area contributed by atoms with E-state index in [1.807, 2.05) is 6.92 Å². The summed E-state index contributed by atoms with van der Waals surface area (Å²) >= 11 is 0. The van der Waals surface area contributed by atoms with Gasteiger partial charge in [0, 0.05) is 32.2 Å². The van der Waals surface area contributed by atoms with E-state index in [0.29, 0.717) is 11.8 Å². The van der Waals surface area contributed by atoms with Crippen molar-refractivity contribution in [3.05, 3.63) is 59.5 Å². The van der Waals surface area contributed by atoms with Gasteiger partial charge < -0.3 is 20.2 Å². The van der Waals surface area contributed by atoms with Crippen LogP contribution in [0.1, 0.15) is 43.6 Å². The number of benzene rings is 1. The van der Waals surface area contributed by atoms with Gasteiger partial charge in [-0.15, -0.1) is 24.0 Å². The van der Waals surface area contributed by atoms with Gasteiger partial charge in [-0.25, -0.2) is 4.99 Å². The minimum absolute atomic E-state index is 0. The molecule has 1 fully saturated rings. The molecule has 1 aromatic heterocycles. The number of aliphatic imine (C=N–C) groups is 1. The average molecular weight is 526 g/mol. The highest BCUT2D eigenvalue weighted by atomic mass is 127. The van der Waals surface area contributed by atoms with E-state index in [0.717, 1.165) is 45.0 Å². The summed E-state index contributed by atoms with van der Waals surface area (Å²) in [5.41, 5.74) is 1.65. The van der Waals surface area contributed by atoms with Gasteiger partial charge in [0.15, 0.2) is 5.96 Å². The topological polar surface area (TPSA) is 73.0 Å². The number of guanidine groups is 1. The molecule has 0 aliphatic carbocycles. The quantitative estimate of drug-likeness (QED) is 0.292. The van der Waals surface area contributed by atoms with Gasteiger partial charge >= 0.3 is 0 Å². The lowest BCUT2D eigenvalue weighted by molar-refractivity contribution is 0.0436. The Morgan fingerprint density at radius 2 is 1.97 bits per heavy atom. The molecular weight excluding hydrogens is 491 g/mol. The van der Waals surface area contributed by atoms with Crippen molar-refractivity contribution in [2.75, 3.05) is 26.2 Å². The highest BCUT2D eigenvalue weighted by Gasteiger charge is 2.26. The molecule has 2 heterocycles. The molecule has 1 atom stereocenters. The molecule has 1 saturated heterocycles. The Kier molecular flexibility index (Phi) is 9.64. The van der Waals surface area contributed by atoms with Crippen molar-refractivity contribution in [2.45, 2.75) is 51.8 Å². The summed E-state index contributed by atoms with van der Waals surface area (Å²) in [5, 5.41) is 17.5. The first kappa shape index (κ1) is 24.7. The fourth-order valence-electron chi connectivity index (χ4n) is 3.67. The maximum absolute atomic E-state index is 10.6. The van der Waals surface area contributed by atoms with E-state index in [-0.39, 0.29) is 30.5 Å². The molecule has 0 amide bonds. The molecule has 7 heteroatoms. The van der Waals surface area contributed by atoms with E-state index in [4.69, 9.17) is 4.42 Å². The SMILES string of the molecule is CCNC(=NCC(C)(O)c1ccco1)NC1CCN(Cc2ccccc2C)CC1.I. The summed E-state index contributed by atoms with van der Waals surface area (Å²) < 4.78 is 5.34. The van der Waals surface area contributed by atoms with Crippen LogP contribution in [0, 0.1) is 6.92 Å². The molecule has 30 heavy (non-hydrogen) atoms. The average Bonchev–Trinajstić information content (AvgIpc) is 3.26. The Morgan fingerprint density at radius 1 is 1.23 bits per heavy atom. The maximum Gasteiger partial charge on any atom is 0.191 e. The number of aryl methyl sites for hydroxylation is 1. The minimum atomic E-state index is -1.12. The Morgan fingerprint density at radius 3 is 2.60 bits per heavy atom. The number of nitrogens with one attached hydrogen (secondary N) is 2. The lowest BCUT2D eigenvalue weighted by Gasteiger charge is -2.33. The number of hydrogen-bond acceptors (Lipinski definition) is 4. The van der Waals surface area contributed by atoms with Gasteiger partial charge in [0.2, 0.25) is 0 Å². The third kappa shape index (κ3) is 6.99. The van der Waals surface area contributed by atoms with Crippen LogP contribution in [0.15, 0.2) is 52.1 Å². The molecule has 1 aliphatic rings. The number of hydrogen-bond donors (Lipinski definition) is 3. The summed E-state index contributed by atoms with van der Waals surface area (Å²) in [4.78, 5) is 7.12. The number of piperidine rings is 1. The van der Waals surface area contributed by atoms with Gasteiger partial charge in [0.25, 0.3) is 0 Å². The Bertz CT molecular complexity index is 784. The van der Waals surface area contributed by atoms with Gasteiger partial charge in [-0.05, 0) is 56.9 Å². The summed E-state index contributed by atoms with van der Waals surface area (Å²) in [6, 6.07) is 12.6. The molecule has 3 rings (SSSR count). The zero-order valence-corrected chi connectivity index (χ0v) is 20.6. The predicted molar refractivity (Wildman–Crippen MR) is 132 cm³/mol. The second-order valence-electron chi connectivity index (χ2n) is 8.07. The molecule has 0 spiro atoms. The van der Waals surface area contributed by atoms with Gasteiger partial charge in [-0.3, -0.25) is 4.90 Å². The van der Waals surface area contributed by atoms with Crippen molar-refractivity contribution in [3.8, 4) is 0 Å². The first-order valence-corrected chi connectivity index (χ1v) is 10.6. The second-order valence-corrected chi connectivity index (χ2v) is 8.07. The van der Waals surface area contributed by atoms with Crippen LogP contribution in [0.2, 0.25) is 0 Å². The van der Waals surface area contributed by atoms with Crippen LogP contribution in [-0.4, -0.2) is 48.2 Å². The van der Waals surface area contributed by atoms with Gasteiger partial charge in [0.05, 0.1) is 12.8 Å². The van der Waals surface area contributed by atoms with Crippen molar-refractivity contribution in [3.63, 3.8) is 0 Å². The van der Waals surface area contributed by atoms with Crippen LogP contribution in [0.25, 0.3) is 0 Å². The van der Waals surface area contributed by atoms with Gasteiger partial charge in [0.1, 0.15) is 11.4 Å². The summed E-state index contributed by atoms with van der Waals surface area (Å²) in [7, 11) is 0. The highest BCUT2D eigenvalue weighted by molar-refractivity contribution is 14.0. The van der Waals surface area contributed by atoms with Crippen LogP contribution in [0.4, 0.5) is 0 Å². The lowest BCUT2D eigenvalue weighted by atomic mass is 10.0. The van der Waals surface area contributed by atoms with E-state index in [2.05, 4.69) is 51.7 Å². The zero-order chi connectivity index (χ0) is 20.7. The predicted octanol–water partition coefficient (Wildman–Crippen LogP) is 3.63. The van der Waals surface area contributed by atoms with Gasteiger partial charge in [-0.1, -0.05) is 24.3 Å². The number of nitrogens with zero attached hydrogens (tertiary/aromatic N) is 2. The summed E-state index contributed by atoms with van der Waals surface area (Å²) in [5.74, 6) is 1.28. The van der Waals surface area contributed by atoms with Crippen molar-refractivity contribution in [2.24, 2.45) is 4.99 Å². The fourth-order valence-corrected chi connectivity index (χ4v) is 3.67. The van der Waals surface area contributed by atoms with Crippen molar-refractivity contribution < 1.29 is 9.52 Å². The number of rotatable bonds is 7. The second kappa shape index (κ2) is 11.7. The molecule has 1 unspecified atom stereocenters. The van der Waals surface area contributed by atoms with E-state index in [1.54, 1.807) is 25.3 Å². The molecule has 0 bridgehead atoms. The maximum atomic E-state index is 10.6. The molecule has 1 aromatic carbocycles. The number of aliphatic hydroxyl groups is 1. The van der Waals surface area contributed by atoms with Gasteiger partial charge in [-0.2, -0.15) is 0 Å². The molecular formula is C23H35IN4O2. The molecule has 0 saturated carbocycles. The molecule has 1 aliphatic heterocycles. The van der Waals surface area contributed by atoms with Crippen LogP contribution in [0.5, 0.6) is 0 Å². The zero-order valence-electron chi connectivity index (χ0n) is 18.2. The number of halogens is 1. The van der Waals surface area contributed by atoms with Crippen LogP contribution < -0.4 is 10.6 Å². The third-order valence-corrected chi connectivity index (χ3v) is 5.52. The smallest absolute Gasteiger partial charge is 0.191 e. The monoisotopic (exact) mass is 526 g/mol. The lowest BCUT2D eigenvalue weighted by Crippen LogP contribution is -2.49. The standard InChI is InChI=1S/C23H34N4O2.HI/c1-4-24-22(25-17-23(3,28)21-10-7-15-29-21)26-20-11-13-27(14-12-20)16-19-9-6-5-8-18(19)2;/h5-10,15,20,28H,4,11-14,16-17H2,1-3H3,(H2,24,25,26);1H. The van der Waals surface area contributed by atoms with E-state index in [1.165, 1.54) is 11.1 Å². The van der Waals surface area contributed by atoms with Crippen LogP contribution in [-0.2, 0) is 12.1 Å². The summed E-state index contributed by atoms with van der Waals surface area (Å²) in [6.45, 7) is 10.1. The minimum Gasteiger partial charge on any atom is -0.466 e. The largest absolute Gasteiger partial charge is 0.466 e. The van der Waals surface area contributed by atoms with Crippen LogP contribution >= 0.6 is 24.0 Å². The number of furan rings is 1. The van der Waals surface area contributed by atoms with E-state index >= 15 is 0 Å². The molecule has 2 aromatic rings. The normalized spacial score (nSPS) is 17.8. The molecule has 0 radical (unpaired) electrons. The van der Waals surface area contributed by atoms with E-state index in [9.17, 15) is 5.11 Å². The van der Waals surface area contributed by atoms with E-state index < -0.39 is 5.60 Å². The Balaban J connectivity index is 0.00000320. The first-order chi connectivity index (χ1) is 14.0. The van der Waals surface area contributed by atoms with Crippen molar-refractivity contribution in [1.82, 2.24) is 15.5 Å². The third-order valence-electron chi connectivity index (χ3n) is 5.52.